The fourth-order valence-electron chi connectivity index (χ4n) is 1.28. The Morgan fingerprint density at radius 3 is 2.88 bits per heavy atom. The highest BCUT2D eigenvalue weighted by molar-refractivity contribution is 9.08. The lowest BCUT2D eigenvalue weighted by Crippen LogP contribution is -1.99. The fraction of sp³-hybridized carbons (Fsp3) is 0.500. The summed E-state index contributed by atoms with van der Waals surface area (Å²) in [6, 6.07) is 4.80. The predicted molar refractivity (Wildman–Crippen MR) is 72.1 cm³/mol. The first-order valence-corrected chi connectivity index (χ1v) is 7.60. The van der Waals surface area contributed by atoms with Crippen molar-refractivity contribution in [1.82, 2.24) is 0 Å². The molecule has 0 aliphatic heterocycles. The summed E-state index contributed by atoms with van der Waals surface area (Å²) in [7, 11) is 0. The van der Waals surface area contributed by atoms with Gasteiger partial charge in [-0.25, -0.2) is 4.39 Å². The average Bonchev–Trinajstić information content (AvgIpc) is 2.28. The van der Waals surface area contributed by atoms with Crippen molar-refractivity contribution < 1.29 is 9.13 Å². The Kier molecular flexibility index (Phi) is 6.88. The van der Waals surface area contributed by atoms with E-state index < -0.39 is 0 Å². The molecule has 0 aliphatic carbocycles. The van der Waals surface area contributed by atoms with Crippen LogP contribution in [0.4, 0.5) is 4.39 Å². The van der Waals surface area contributed by atoms with E-state index in [1.54, 1.807) is 0 Å². The van der Waals surface area contributed by atoms with Crippen LogP contribution < -0.4 is 4.74 Å². The summed E-state index contributed by atoms with van der Waals surface area (Å²) in [4.78, 5) is 0. The van der Waals surface area contributed by atoms with Gasteiger partial charge in [0, 0.05) is 11.4 Å². The van der Waals surface area contributed by atoms with Crippen LogP contribution in [0.1, 0.15) is 18.9 Å². The van der Waals surface area contributed by atoms with Crippen LogP contribution in [0.15, 0.2) is 18.2 Å². The Morgan fingerprint density at radius 1 is 1.38 bits per heavy atom. The maximum absolute atomic E-state index is 13.1. The predicted octanol–water partition coefficient (Wildman–Crippen LogP) is 4.24. The second kappa shape index (κ2) is 7.96. The number of alkyl halides is 1. The molecule has 0 heterocycles. The van der Waals surface area contributed by atoms with Gasteiger partial charge in [0.1, 0.15) is 11.6 Å². The molecule has 0 N–H and O–H groups in total. The van der Waals surface area contributed by atoms with Gasteiger partial charge in [0.25, 0.3) is 0 Å². The van der Waals surface area contributed by atoms with Crippen molar-refractivity contribution in [3.8, 4) is 5.75 Å². The first kappa shape index (κ1) is 13.8. The lowest BCUT2D eigenvalue weighted by atomic mass is 10.2. The Bertz CT molecular complexity index is 320. The van der Waals surface area contributed by atoms with Gasteiger partial charge in [-0.15, -0.1) is 0 Å². The molecule has 1 aromatic carbocycles. The van der Waals surface area contributed by atoms with Crippen LogP contribution in [-0.4, -0.2) is 18.1 Å². The third kappa shape index (κ3) is 5.21. The van der Waals surface area contributed by atoms with Gasteiger partial charge in [0.15, 0.2) is 0 Å². The van der Waals surface area contributed by atoms with Crippen LogP contribution in [0, 0.1) is 5.82 Å². The van der Waals surface area contributed by atoms with Crippen molar-refractivity contribution in [2.45, 2.75) is 18.7 Å². The van der Waals surface area contributed by atoms with E-state index in [0.717, 1.165) is 23.5 Å². The first-order chi connectivity index (χ1) is 7.76. The quantitative estimate of drug-likeness (QED) is 0.550. The molecule has 1 nitrogen and oxygen atoms in total. The number of ether oxygens (including phenoxy) is 1. The summed E-state index contributed by atoms with van der Waals surface area (Å²) >= 11 is 5.20. The van der Waals surface area contributed by atoms with E-state index in [-0.39, 0.29) is 5.82 Å². The van der Waals surface area contributed by atoms with Crippen LogP contribution >= 0.6 is 27.7 Å². The molecule has 0 saturated heterocycles. The SMILES string of the molecule is CCSCCCOc1cc(F)cc(CBr)c1. The fourth-order valence-corrected chi connectivity index (χ4v) is 2.21. The van der Waals surface area contributed by atoms with Crippen molar-refractivity contribution in [3.05, 3.63) is 29.6 Å². The molecular formula is C12H16BrFOS. The van der Waals surface area contributed by atoms with Gasteiger partial charge in [-0.05, 0) is 35.6 Å². The number of benzene rings is 1. The topological polar surface area (TPSA) is 9.23 Å². The van der Waals surface area contributed by atoms with Crippen molar-refractivity contribution in [3.63, 3.8) is 0 Å². The van der Waals surface area contributed by atoms with E-state index in [1.165, 1.54) is 12.1 Å². The number of hydrogen-bond donors (Lipinski definition) is 0. The first-order valence-electron chi connectivity index (χ1n) is 5.32. The molecule has 0 atom stereocenters. The second-order valence-electron chi connectivity index (χ2n) is 3.33. The van der Waals surface area contributed by atoms with Gasteiger partial charge >= 0.3 is 0 Å². The Hall–Kier alpha value is -0.220. The molecule has 0 aromatic heterocycles. The Labute approximate surface area is 109 Å². The van der Waals surface area contributed by atoms with E-state index in [4.69, 9.17) is 4.74 Å². The highest BCUT2D eigenvalue weighted by Crippen LogP contribution is 2.18. The normalized spacial score (nSPS) is 10.4. The van der Waals surface area contributed by atoms with Crippen LogP contribution in [0.5, 0.6) is 5.75 Å². The standard InChI is InChI=1S/C12H16BrFOS/c1-2-16-5-3-4-15-12-7-10(9-13)6-11(14)8-12/h6-8H,2-5,9H2,1H3. The Balaban J connectivity index is 2.38. The van der Waals surface area contributed by atoms with Crippen molar-refractivity contribution in [1.29, 1.82) is 0 Å². The van der Waals surface area contributed by atoms with Gasteiger partial charge in [0.2, 0.25) is 0 Å². The average molecular weight is 307 g/mol. The summed E-state index contributed by atoms with van der Waals surface area (Å²) in [6.07, 6.45) is 0.999. The van der Waals surface area contributed by atoms with Crippen LogP contribution in [0.3, 0.4) is 0 Å². The molecule has 0 unspecified atom stereocenters. The van der Waals surface area contributed by atoms with Gasteiger partial charge < -0.3 is 4.74 Å². The Morgan fingerprint density at radius 2 is 2.19 bits per heavy atom. The molecule has 16 heavy (non-hydrogen) atoms. The molecule has 1 aromatic rings. The summed E-state index contributed by atoms with van der Waals surface area (Å²) < 4.78 is 18.6. The lowest BCUT2D eigenvalue weighted by molar-refractivity contribution is 0.317. The monoisotopic (exact) mass is 306 g/mol. The summed E-state index contributed by atoms with van der Waals surface area (Å²) in [5.41, 5.74) is 0.901. The zero-order valence-corrected chi connectivity index (χ0v) is 11.7. The van der Waals surface area contributed by atoms with E-state index in [0.29, 0.717) is 17.7 Å². The van der Waals surface area contributed by atoms with E-state index in [1.807, 2.05) is 17.8 Å². The van der Waals surface area contributed by atoms with Gasteiger partial charge in [-0.3, -0.25) is 0 Å². The molecule has 0 saturated carbocycles. The van der Waals surface area contributed by atoms with Gasteiger partial charge in [0.05, 0.1) is 6.61 Å². The highest BCUT2D eigenvalue weighted by atomic mass is 79.9. The number of halogens is 2. The lowest BCUT2D eigenvalue weighted by Gasteiger charge is -2.07. The maximum Gasteiger partial charge on any atom is 0.127 e. The van der Waals surface area contributed by atoms with Crippen molar-refractivity contribution in [2.75, 3.05) is 18.1 Å². The molecule has 0 fully saturated rings. The number of hydrogen-bond acceptors (Lipinski definition) is 2. The molecule has 4 heteroatoms. The van der Waals surface area contributed by atoms with E-state index in [2.05, 4.69) is 22.9 Å². The third-order valence-corrected chi connectivity index (χ3v) is 3.62. The largest absolute Gasteiger partial charge is 0.493 e. The number of rotatable bonds is 7. The molecule has 0 amide bonds. The molecule has 90 valence electrons. The van der Waals surface area contributed by atoms with Crippen LogP contribution in [0.25, 0.3) is 0 Å². The van der Waals surface area contributed by atoms with Crippen molar-refractivity contribution in [2.24, 2.45) is 0 Å². The minimum Gasteiger partial charge on any atom is -0.493 e. The minimum atomic E-state index is -0.241. The van der Waals surface area contributed by atoms with E-state index in [9.17, 15) is 4.39 Å². The molecule has 0 bridgehead atoms. The highest BCUT2D eigenvalue weighted by Gasteiger charge is 2.01. The molecule has 0 spiro atoms. The van der Waals surface area contributed by atoms with Crippen molar-refractivity contribution >= 4 is 27.7 Å². The molecular weight excluding hydrogens is 291 g/mol. The van der Waals surface area contributed by atoms with Gasteiger partial charge in [-0.1, -0.05) is 22.9 Å². The molecule has 1 rings (SSSR count). The van der Waals surface area contributed by atoms with E-state index >= 15 is 0 Å². The summed E-state index contributed by atoms with van der Waals surface area (Å²) in [5.74, 6) is 2.61. The zero-order valence-electron chi connectivity index (χ0n) is 9.34. The molecule has 0 radical (unpaired) electrons. The van der Waals surface area contributed by atoms with Crippen LogP contribution in [0.2, 0.25) is 0 Å². The third-order valence-electron chi connectivity index (χ3n) is 1.99. The second-order valence-corrected chi connectivity index (χ2v) is 5.28. The summed E-state index contributed by atoms with van der Waals surface area (Å²) in [6.45, 7) is 2.79. The van der Waals surface area contributed by atoms with Crippen LogP contribution in [-0.2, 0) is 5.33 Å². The number of thioether (sulfide) groups is 1. The van der Waals surface area contributed by atoms with Gasteiger partial charge in [-0.2, -0.15) is 11.8 Å². The smallest absolute Gasteiger partial charge is 0.127 e. The maximum atomic E-state index is 13.1. The summed E-state index contributed by atoms with van der Waals surface area (Å²) in [5, 5.41) is 0.646. The minimum absolute atomic E-state index is 0.241. The zero-order chi connectivity index (χ0) is 11.8. The molecule has 0 aliphatic rings.